The SMILES string of the molecule is COc1ccc(N(CC(=O)NCCCc2ccc(F)cc2)S(=O)(=O)c2ccccc2)cc1. The van der Waals surface area contributed by atoms with Crippen molar-refractivity contribution in [2.45, 2.75) is 17.7 Å². The van der Waals surface area contributed by atoms with E-state index < -0.39 is 15.9 Å². The molecule has 0 spiro atoms. The van der Waals surface area contributed by atoms with Crippen molar-refractivity contribution < 1.29 is 22.3 Å². The van der Waals surface area contributed by atoms with Crippen LogP contribution in [-0.2, 0) is 21.2 Å². The van der Waals surface area contributed by atoms with E-state index in [0.29, 0.717) is 30.8 Å². The van der Waals surface area contributed by atoms with Crippen LogP contribution in [-0.4, -0.2) is 34.5 Å². The number of sulfonamides is 1. The molecule has 168 valence electrons. The van der Waals surface area contributed by atoms with Crippen molar-refractivity contribution >= 4 is 21.6 Å². The van der Waals surface area contributed by atoms with Crippen LogP contribution in [0.15, 0.2) is 83.8 Å². The number of amides is 1. The number of anilines is 1. The summed E-state index contributed by atoms with van der Waals surface area (Å²) in [6.07, 6.45) is 1.32. The van der Waals surface area contributed by atoms with Gasteiger partial charge in [0.25, 0.3) is 10.0 Å². The van der Waals surface area contributed by atoms with E-state index in [1.807, 2.05) is 0 Å². The molecule has 0 saturated heterocycles. The predicted octanol–water partition coefficient (Wildman–Crippen LogP) is 3.78. The Morgan fingerprint density at radius 3 is 2.25 bits per heavy atom. The van der Waals surface area contributed by atoms with Crippen LogP contribution in [0.5, 0.6) is 5.75 Å². The molecule has 0 unspecified atom stereocenters. The second-order valence-electron chi connectivity index (χ2n) is 7.10. The number of aryl methyl sites for hydroxylation is 1. The molecule has 0 aliphatic rings. The van der Waals surface area contributed by atoms with Crippen molar-refractivity contribution in [3.05, 3.63) is 90.2 Å². The van der Waals surface area contributed by atoms with Crippen molar-refractivity contribution in [3.63, 3.8) is 0 Å². The molecule has 0 aromatic heterocycles. The Balaban J connectivity index is 1.69. The molecule has 1 N–H and O–H groups in total. The maximum absolute atomic E-state index is 13.2. The first kappa shape index (κ1) is 23.3. The van der Waals surface area contributed by atoms with Crippen molar-refractivity contribution in [2.75, 3.05) is 24.5 Å². The fraction of sp³-hybridized carbons (Fsp3) is 0.208. The van der Waals surface area contributed by atoms with E-state index in [1.165, 1.54) is 31.4 Å². The number of nitrogens with one attached hydrogen (secondary N) is 1. The van der Waals surface area contributed by atoms with Gasteiger partial charge in [-0.25, -0.2) is 12.8 Å². The minimum absolute atomic E-state index is 0.0972. The normalized spacial score (nSPS) is 11.1. The molecule has 6 nitrogen and oxygen atoms in total. The number of carbonyl (C=O) groups is 1. The minimum Gasteiger partial charge on any atom is -0.497 e. The first-order chi connectivity index (χ1) is 15.4. The third-order valence-corrected chi connectivity index (χ3v) is 6.64. The summed E-state index contributed by atoms with van der Waals surface area (Å²) in [6, 6.07) is 20.7. The number of hydrogen-bond acceptors (Lipinski definition) is 4. The maximum Gasteiger partial charge on any atom is 0.264 e. The highest BCUT2D eigenvalue weighted by molar-refractivity contribution is 7.92. The molecule has 0 heterocycles. The fourth-order valence-corrected chi connectivity index (χ4v) is 4.58. The number of nitrogens with zero attached hydrogens (tertiary/aromatic N) is 1. The highest BCUT2D eigenvalue weighted by Crippen LogP contribution is 2.25. The van der Waals surface area contributed by atoms with Crippen molar-refractivity contribution in [1.29, 1.82) is 0 Å². The molecule has 0 bridgehead atoms. The van der Waals surface area contributed by atoms with Gasteiger partial charge in [0.2, 0.25) is 5.91 Å². The van der Waals surface area contributed by atoms with Crippen LogP contribution in [0.25, 0.3) is 0 Å². The van der Waals surface area contributed by atoms with Crippen molar-refractivity contribution in [1.82, 2.24) is 5.32 Å². The van der Waals surface area contributed by atoms with Crippen LogP contribution in [0, 0.1) is 5.82 Å². The van der Waals surface area contributed by atoms with Crippen LogP contribution < -0.4 is 14.4 Å². The first-order valence-corrected chi connectivity index (χ1v) is 11.6. The number of benzene rings is 3. The summed E-state index contributed by atoms with van der Waals surface area (Å²) < 4.78 is 45.7. The fourth-order valence-electron chi connectivity index (χ4n) is 3.14. The zero-order chi connectivity index (χ0) is 23.0. The average molecular weight is 457 g/mol. The summed E-state index contributed by atoms with van der Waals surface area (Å²) in [5.41, 5.74) is 1.32. The summed E-state index contributed by atoms with van der Waals surface area (Å²) in [5, 5.41) is 2.77. The second-order valence-corrected chi connectivity index (χ2v) is 8.97. The van der Waals surface area contributed by atoms with Gasteiger partial charge in [0, 0.05) is 6.54 Å². The van der Waals surface area contributed by atoms with Gasteiger partial charge in [0.05, 0.1) is 17.7 Å². The Labute approximate surface area is 187 Å². The zero-order valence-corrected chi connectivity index (χ0v) is 18.5. The van der Waals surface area contributed by atoms with Gasteiger partial charge in [-0.1, -0.05) is 30.3 Å². The Morgan fingerprint density at radius 2 is 1.62 bits per heavy atom. The molecule has 3 aromatic carbocycles. The van der Waals surface area contributed by atoms with Crippen LogP contribution in [0.2, 0.25) is 0 Å². The Kier molecular flexibility index (Phi) is 7.83. The van der Waals surface area contributed by atoms with E-state index in [-0.39, 0.29) is 17.3 Å². The van der Waals surface area contributed by atoms with E-state index in [2.05, 4.69) is 5.32 Å². The summed E-state index contributed by atoms with van der Waals surface area (Å²) >= 11 is 0. The maximum atomic E-state index is 13.2. The third-order valence-electron chi connectivity index (χ3n) is 4.86. The smallest absolute Gasteiger partial charge is 0.264 e. The van der Waals surface area contributed by atoms with Crippen LogP contribution in [0.4, 0.5) is 10.1 Å². The number of rotatable bonds is 10. The molecule has 1 amide bonds. The van der Waals surface area contributed by atoms with Gasteiger partial charge in [0.15, 0.2) is 0 Å². The molecule has 3 aromatic rings. The lowest BCUT2D eigenvalue weighted by molar-refractivity contribution is -0.119. The zero-order valence-electron chi connectivity index (χ0n) is 17.7. The summed E-state index contributed by atoms with van der Waals surface area (Å²) in [6.45, 7) is 0.0121. The third kappa shape index (κ3) is 6.07. The van der Waals surface area contributed by atoms with Crippen molar-refractivity contribution in [2.24, 2.45) is 0 Å². The van der Waals surface area contributed by atoms with Crippen LogP contribution >= 0.6 is 0 Å². The molecule has 0 radical (unpaired) electrons. The second kappa shape index (κ2) is 10.8. The van der Waals surface area contributed by atoms with E-state index in [9.17, 15) is 17.6 Å². The van der Waals surface area contributed by atoms with Gasteiger partial charge >= 0.3 is 0 Å². The number of halogens is 1. The molecular formula is C24H25FN2O4S. The standard InChI is InChI=1S/C24H25FN2O4S/c1-31-22-15-13-21(14-16-22)27(32(29,30)23-7-3-2-4-8-23)18-24(28)26-17-5-6-19-9-11-20(25)12-10-19/h2-4,7-16H,5-6,17-18H2,1H3,(H,26,28). The van der Waals surface area contributed by atoms with E-state index in [0.717, 1.165) is 9.87 Å². The van der Waals surface area contributed by atoms with Gasteiger partial charge < -0.3 is 10.1 Å². The van der Waals surface area contributed by atoms with Gasteiger partial charge in [0.1, 0.15) is 18.1 Å². The molecule has 0 atom stereocenters. The highest BCUT2D eigenvalue weighted by Gasteiger charge is 2.27. The Morgan fingerprint density at radius 1 is 0.969 bits per heavy atom. The molecular weight excluding hydrogens is 431 g/mol. The quantitative estimate of drug-likeness (QED) is 0.471. The van der Waals surface area contributed by atoms with E-state index >= 15 is 0 Å². The van der Waals surface area contributed by atoms with Gasteiger partial charge in [-0.15, -0.1) is 0 Å². The first-order valence-electron chi connectivity index (χ1n) is 10.1. The van der Waals surface area contributed by atoms with Gasteiger partial charge in [-0.2, -0.15) is 0 Å². The van der Waals surface area contributed by atoms with E-state index in [1.54, 1.807) is 54.6 Å². The molecule has 0 fully saturated rings. The number of carbonyl (C=O) groups excluding carboxylic acids is 1. The molecule has 3 rings (SSSR count). The lowest BCUT2D eigenvalue weighted by atomic mass is 10.1. The average Bonchev–Trinajstić information content (AvgIpc) is 2.82. The topological polar surface area (TPSA) is 75.7 Å². The molecule has 0 aliphatic carbocycles. The molecule has 32 heavy (non-hydrogen) atoms. The van der Waals surface area contributed by atoms with Gasteiger partial charge in [-0.3, -0.25) is 9.10 Å². The van der Waals surface area contributed by atoms with E-state index in [4.69, 9.17) is 4.74 Å². The minimum atomic E-state index is -3.95. The lowest BCUT2D eigenvalue weighted by Crippen LogP contribution is -2.41. The largest absolute Gasteiger partial charge is 0.497 e. The van der Waals surface area contributed by atoms with Crippen molar-refractivity contribution in [3.8, 4) is 5.75 Å². The number of hydrogen-bond donors (Lipinski definition) is 1. The number of methoxy groups -OCH3 is 1. The Hall–Kier alpha value is -3.39. The summed E-state index contributed by atoms with van der Waals surface area (Å²) in [4.78, 5) is 12.7. The Bertz CT molecular complexity index is 1120. The highest BCUT2D eigenvalue weighted by atomic mass is 32.2. The summed E-state index contributed by atoms with van der Waals surface area (Å²) in [7, 11) is -2.43. The van der Waals surface area contributed by atoms with Gasteiger partial charge in [-0.05, 0) is 66.9 Å². The summed E-state index contributed by atoms with van der Waals surface area (Å²) in [5.74, 6) is -0.129. The van der Waals surface area contributed by atoms with Crippen LogP contribution in [0.1, 0.15) is 12.0 Å². The number of ether oxygens (including phenoxy) is 1. The monoisotopic (exact) mass is 456 g/mol. The molecule has 8 heteroatoms. The molecule has 0 saturated carbocycles. The predicted molar refractivity (Wildman–Crippen MR) is 122 cm³/mol. The molecule has 0 aliphatic heterocycles. The van der Waals surface area contributed by atoms with Crippen LogP contribution in [0.3, 0.4) is 0 Å². The lowest BCUT2D eigenvalue weighted by Gasteiger charge is -2.24.